The summed E-state index contributed by atoms with van der Waals surface area (Å²) in [7, 11) is 0. The van der Waals surface area contributed by atoms with Crippen LogP contribution in [0.3, 0.4) is 0 Å². The Morgan fingerprint density at radius 2 is 0.719 bits per heavy atom. The van der Waals surface area contributed by atoms with Gasteiger partial charge in [-0.2, -0.15) is 12.1 Å². The Bertz CT molecular complexity index is 2130. The Balaban J connectivity index is 0.000000307. The molecule has 0 unspecified atom stereocenters. The minimum absolute atomic E-state index is 0. The fraction of sp³-hybridized carbons (Fsp3) is 0.475. The largest absolute Gasteiger partial charge is 2.00 e. The van der Waals surface area contributed by atoms with Crippen LogP contribution >= 0.6 is 0 Å². The van der Waals surface area contributed by atoms with Crippen LogP contribution in [0.25, 0.3) is 43.8 Å². The van der Waals surface area contributed by atoms with Crippen LogP contribution in [-0.4, -0.2) is 0 Å². The summed E-state index contributed by atoms with van der Waals surface area (Å²) in [6.45, 7) is 34.6. The van der Waals surface area contributed by atoms with Gasteiger partial charge in [-0.05, 0) is 92.6 Å². The molecule has 0 radical (unpaired) electrons. The summed E-state index contributed by atoms with van der Waals surface area (Å²) < 4.78 is 0. The minimum atomic E-state index is 0. The van der Waals surface area contributed by atoms with Crippen LogP contribution in [-0.2, 0) is 47.9 Å². The topological polar surface area (TPSA) is 0 Å². The van der Waals surface area contributed by atoms with E-state index >= 15 is 0 Å². The second-order valence-electron chi connectivity index (χ2n) is 22.8. The van der Waals surface area contributed by atoms with Gasteiger partial charge in [-0.1, -0.05) is 181 Å². The molecule has 64 heavy (non-hydrogen) atoms. The van der Waals surface area contributed by atoms with E-state index in [0.717, 1.165) is 18.3 Å². The van der Waals surface area contributed by atoms with Crippen molar-refractivity contribution in [2.45, 2.75) is 187 Å². The fourth-order valence-corrected chi connectivity index (χ4v) is 9.66. The molecular weight excluding hydrogens is 895 g/mol. The number of halogens is 2. The monoisotopic (exact) mass is 972 g/mol. The maximum Gasteiger partial charge on any atom is 2.00 e. The summed E-state index contributed by atoms with van der Waals surface area (Å²) in [5.74, 6) is 1.52. The molecule has 0 nitrogen and oxygen atoms in total. The van der Waals surface area contributed by atoms with Crippen molar-refractivity contribution in [3.05, 3.63) is 144 Å². The first-order chi connectivity index (χ1) is 28.7. The summed E-state index contributed by atoms with van der Waals surface area (Å²) in [4.78, 5) is 0. The first kappa shape index (κ1) is 55.9. The van der Waals surface area contributed by atoms with Crippen LogP contribution in [0.5, 0.6) is 0 Å². The van der Waals surface area contributed by atoms with Gasteiger partial charge in [0, 0.05) is 0 Å². The zero-order valence-corrected chi connectivity index (χ0v) is 45.8. The first-order valence-electron chi connectivity index (χ1n) is 24.0. The van der Waals surface area contributed by atoms with E-state index in [9.17, 15) is 0 Å². The number of hydrogen-bond acceptors (Lipinski definition) is 0. The molecule has 0 spiro atoms. The zero-order valence-electron chi connectivity index (χ0n) is 41.8. The Morgan fingerprint density at radius 1 is 0.438 bits per heavy atom. The third-order valence-electron chi connectivity index (χ3n) is 13.7. The minimum Gasteiger partial charge on any atom is -1.00 e. The maximum absolute atomic E-state index is 3.38. The van der Waals surface area contributed by atoms with Crippen molar-refractivity contribution in [3.8, 4) is 22.3 Å². The van der Waals surface area contributed by atoms with Crippen LogP contribution in [0, 0.1) is 13.8 Å². The van der Waals surface area contributed by atoms with E-state index in [1.54, 1.807) is 11.1 Å². The molecule has 3 heteroatoms. The smallest absolute Gasteiger partial charge is 1.00 e. The van der Waals surface area contributed by atoms with Gasteiger partial charge in [-0.3, -0.25) is 0 Å². The first-order valence-corrected chi connectivity index (χ1v) is 24.0. The molecule has 6 aromatic carbocycles. The predicted molar refractivity (Wildman–Crippen MR) is 272 cm³/mol. The number of fused-ring (bicyclic) bond motifs is 2. The van der Waals surface area contributed by atoms with Crippen LogP contribution in [0.15, 0.2) is 97.1 Å². The molecule has 2 aliphatic rings. The molecule has 0 aliphatic heterocycles. The van der Waals surface area contributed by atoms with Gasteiger partial charge >= 0.3 is 26.2 Å². The molecule has 0 N–H and O–H groups in total. The third-order valence-corrected chi connectivity index (χ3v) is 13.7. The van der Waals surface area contributed by atoms with Crippen molar-refractivity contribution in [1.82, 2.24) is 0 Å². The Hall–Kier alpha value is -2.44. The summed E-state index contributed by atoms with van der Waals surface area (Å²) in [6, 6.07) is 38.2. The predicted octanol–water partition coefficient (Wildman–Crippen LogP) is 12.8. The van der Waals surface area contributed by atoms with Gasteiger partial charge in [-0.15, -0.1) is 69.1 Å². The van der Waals surface area contributed by atoms with Crippen LogP contribution < -0.4 is 24.8 Å². The van der Waals surface area contributed by atoms with E-state index in [1.165, 1.54) is 130 Å². The van der Waals surface area contributed by atoms with Crippen molar-refractivity contribution in [3.63, 3.8) is 0 Å². The van der Waals surface area contributed by atoms with Gasteiger partial charge < -0.3 is 45.1 Å². The average Bonchev–Trinajstić information content (AvgIpc) is 3.86. The summed E-state index contributed by atoms with van der Waals surface area (Å²) in [5.41, 5.74) is 14.9. The van der Waals surface area contributed by atoms with Gasteiger partial charge in [0.2, 0.25) is 0 Å². The molecule has 2 aliphatic carbocycles. The molecule has 0 heterocycles. The van der Waals surface area contributed by atoms with Gasteiger partial charge in [0.05, 0.1) is 0 Å². The quantitative estimate of drug-likeness (QED) is 0.154. The Kier molecular flexibility index (Phi) is 20.1. The molecule has 346 valence electrons. The van der Waals surface area contributed by atoms with Crippen LogP contribution in [0.4, 0.5) is 0 Å². The summed E-state index contributed by atoms with van der Waals surface area (Å²) in [5, 5.41) is 5.67. The van der Waals surface area contributed by atoms with E-state index < -0.39 is 0 Å². The van der Waals surface area contributed by atoms with Crippen LogP contribution in [0.2, 0.25) is 0 Å². The molecule has 0 amide bonds. The fourth-order valence-electron chi connectivity index (χ4n) is 9.66. The van der Waals surface area contributed by atoms with E-state index in [1.807, 2.05) is 0 Å². The maximum atomic E-state index is 3.38. The molecule has 2 saturated carbocycles. The van der Waals surface area contributed by atoms with Crippen molar-refractivity contribution in [2.24, 2.45) is 0 Å². The molecule has 0 bridgehead atoms. The molecule has 0 aromatic heterocycles. The molecular formula is C61H80Cl2Zr-4. The number of rotatable bonds is 4. The van der Waals surface area contributed by atoms with Crippen molar-refractivity contribution >= 4 is 21.5 Å². The molecule has 2 fully saturated rings. The van der Waals surface area contributed by atoms with Crippen molar-refractivity contribution in [2.75, 3.05) is 0 Å². The normalized spacial score (nSPS) is 15.2. The second kappa shape index (κ2) is 23.0. The van der Waals surface area contributed by atoms with Gasteiger partial charge in [0.25, 0.3) is 0 Å². The zero-order chi connectivity index (χ0) is 44.3. The molecule has 0 atom stereocenters. The van der Waals surface area contributed by atoms with E-state index in [4.69, 9.17) is 0 Å². The molecule has 6 aromatic rings. The third kappa shape index (κ3) is 13.8. The van der Waals surface area contributed by atoms with E-state index in [-0.39, 0.29) is 72.7 Å². The summed E-state index contributed by atoms with van der Waals surface area (Å²) >= 11 is 0. The van der Waals surface area contributed by atoms with Gasteiger partial charge in [-0.25, -0.2) is 0 Å². The SMILES string of the molecule is CC(C)(C)c1cc(-c2cccc3[cH-]c(C4CCCCC4)cc23)cc(C(C)(C)C)c1.CC(C)(C)c1cc(-c2cccc3[cH-]c(C4CCCCC4)cc23)cc(C(C)(C)C)c1.[CH2-]C[CH2-].[Cl-].[Cl-].[Zr+2]. The van der Waals surface area contributed by atoms with Crippen molar-refractivity contribution in [1.29, 1.82) is 0 Å². The Labute approximate surface area is 423 Å². The molecule has 0 saturated heterocycles. The second-order valence-corrected chi connectivity index (χ2v) is 22.8. The standard InChI is InChI=1S/2C29H37.C3H6.2ClH.Zr/c2*1-28(2,3)24-16-23(17-25(19-24)29(4,5)6)26-14-10-13-21-15-22(18-27(21)26)20-11-8-7-9-12-20;1-3-2;;;/h2*10,13-20H,7-9,11-12H2,1-6H3;1-3H2;2*1H;/q2*-1;-2;;;+2/p-2. The van der Waals surface area contributed by atoms with Gasteiger partial charge in [0.15, 0.2) is 0 Å². The summed E-state index contributed by atoms with van der Waals surface area (Å²) in [6.07, 6.45) is 14.6. The van der Waals surface area contributed by atoms with Gasteiger partial charge in [0.1, 0.15) is 0 Å². The van der Waals surface area contributed by atoms with E-state index in [0.29, 0.717) is 0 Å². The van der Waals surface area contributed by atoms with E-state index in [2.05, 4.69) is 194 Å². The Morgan fingerprint density at radius 3 is 0.984 bits per heavy atom. The number of hydrogen-bond donors (Lipinski definition) is 0. The van der Waals surface area contributed by atoms with Crippen molar-refractivity contribution < 1.29 is 51.0 Å². The average molecular weight is 975 g/mol. The number of benzene rings is 4. The molecule has 8 rings (SSSR count). The van der Waals surface area contributed by atoms with Crippen LogP contribution in [0.1, 0.15) is 199 Å².